The summed E-state index contributed by atoms with van der Waals surface area (Å²) in [5.74, 6) is 0.686. The summed E-state index contributed by atoms with van der Waals surface area (Å²) in [6.07, 6.45) is 2.82. The molecule has 0 saturated heterocycles. The van der Waals surface area contributed by atoms with Crippen molar-refractivity contribution in [3.8, 4) is 0 Å². The van der Waals surface area contributed by atoms with Crippen LogP contribution in [0.3, 0.4) is 0 Å². The molecular formula is C17H33IN6O. The second-order valence-corrected chi connectivity index (χ2v) is 5.94. The minimum absolute atomic E-state index is 0. The van der Waals surface area contributed by atoms with E-state index in [1.165, 1.54) is 11.3 Å². The Labute approximate surface area is 168 Å². The predicted octanol–water partition coefficient (Wildman–Crippen LogP) is 1.70. The molecule has 1 heterocycles. The third-order valence-electron chi connectivity index (χ3n) is 3.87. The second-order valence-electron chi connectivity index (χ2n) is 5.94. The highest BCUT2D eigenvalue weighted by atomic mass is 127. The van der Waals surface area contributed by atoms with E-state index in [1.807, 2.05) is 11.7 Å². The van der Waals surface area contributed by atoms with Gasteiger partial charge in [0.15, 0.2) is 5.96 Å². The molecule has 0 unspecified atom stereocenters. The standard InChI is InChI=1S/C17H32N6O.HI/c1-7-10-18-17(20-12-16(24)22(4)5)19-11-13-14(8-2)21-23(6)15(13)9-3;/h7-12H2,1-6H3,(H2,18,19,20);1H. The van der Waals surface area contributed by atoms with Crippen LogP contribution in [-0.4, -0.2) is 53.7 Å². The summed E-state index contributed by atoms with van der Waals surface area (Å²) in [6, 6.07) is 0. The van der Waals surface area contributed by atoms with Crippen LogP contribution in [0.2, 0.25) is 0 Å². The minimum atomic E-state index is 0. The Balaban J connectivity index is 0.00000576. The van der Waals surface area contributed by atoms with Gasteiger partial charge in [0, 0.05) is 38.9 Å². The third-order valence-corrected chi connectivity index (χ3v) is 3.87. The van der Waals surface area contributed by atoms with Crippen molar-refractivity contribution in [1.29, 1.82) is 0 Å². The highest BCUT2D eigenvalue weighted by Crippen LogP contribution is 2.16. The van der Waals surface area contributed by atoms with Gasteiger partial charge in [0.1, 0.15) is 0 Å². The van der Waals surface area contributed by atoms with Crippen LogP contribution in [0.15, 0.2) is 4.99 Å². The van der Waals surface area contributed by atoms with Crippen LogP contribution in [0, 0.1) is 0 Å². The predicted molar refractivity (Wildman–Crippen MR) is 114 cm³/mol. The number of aryl methyl sites for hydroxylation is 2. The van der Waals surface area contributed by atoms with Crippen molar-refractivity contribution in [2.45, 2.75) is 46.6 Å². The molecule has 25 heavy (non-hydrogen) atoms. The highest BCUT2D eigenvalue weighted by molar-refractivity contribution is 14.0. The normalized spacial score (nSPS) is 11.0. The van der Waals surface area contributed by atoms with Gasteiger partial charge in [-0.25, -0.2) is 4.99 Å². The van der Waals surface area contributed by atoms with Gasteiger partial charge in [0.25, 0.3) is 0 Å². The molecule has 7 nitrogen and oxygen atoms in total. The lowest BCUT2D eigenvalue weighted by Crippen LogP contribution is -2.43. The van der Waals surface area contributed by atoms with Crippen LogP contribution in [-0.2, 0) is 31.2 Å². The van der Waals surface area contributed by atoms with Crippen LogP contribution in [0.4, 0.5) is 0 Å². The number of halogens is 1. The zero-order valence-corrected chi connectivity index (χ0v) is 18.7. The zero-order valence-electron chi connectivity index (χ0n) is 16.3. The Morgan fingerprint density at radius 3 is 2.40 bits per heavy atom. The Bertz CT molecular complexity index is 568. The van der Waals surface area contributed by atoms with Crippen LogP contribution >= 0.6 is 24.0 Å². The van der Waals surface area contributed by atoms with Gasteiger partial charge in [0.05, 0.1) is 18.8 Å². The van der Waals surface area contributed by atoms with E-state index in [4.69, 9.17) is 0 Å². The Morgan fingerprint density at radius 2 is 1.88 bits per heavy atom. The minimum Gasteiger partial charge on any atom is -0.356 e. The van der Waals surface area contributed by atoms with E-state index in [0.717, 1.165) is 31.5 Å². The first-order valence-corrected chi connectivity index (χ1v) is 8.70. The van der Waals surface area contributed by atoms with Gasteiger partial charge in [0.2, 0.25) is 5.91 Å². The number of rotatable bonds is 8. The van der Waals surface area contributed by atoms with Crippen LogP contribution < -0.4 is 10.6 Å². The number of aliphatic imine (C=N–C) groups is 1. The number of carbonyl (C=O) groups excluding carboxylic acids is 1. The van der Waals surface area contributed by atoms with E-state index >= 15 is 0 Å². The van der Waals surface area contributed by atoms with Crippen molar-refractivity contribution < 1.29 is 4.79 Å². The third kappa shape index (κ3) is 7.21. The molecule has 1 amide bonds. The SMILES string of the molecule is CCCNC(=NCc1c(CC)nn(C)c1CC)NCC(=O)N(C)C.I. The molecule has 0 aliphatic carbocycles. The number of carbonyl (C=O) groups is 1. The molecule has 1 aromatic rings. The second kappa shape index (κ2) is 12.1. The number of hydrogen-bond acceptors (Lipinski definition) is 3. The lowest BCUT2D eigenvalue weighted by molar-refractivity contribution is -0.127. The van der Waals surface area contributed by atoms with Gasteiger partial charge in [-0.2, -0.15) is 5.10 Å². The first-order valence-electron chi connectivity index (χ1n) is 8.70. The van der Waals surface area contributed by atoms with Gasteiger partial charge < -0.3 is 15.5 Å². The van der Waals surface area contributed by atoms with Gasteiger partial charge in [-0.3, -0.25) is 9.48 Å². The van der Waals surface area contributed by atoms with E-state index in [-0.39, 0.29) is 36.4 Å². The van der Waals surface area contributed by atoms with Crippen molar-refractivity contribution in [2.24, 2.45) is 12.0 Å². The topological polar surface area (TPSA) is 74.5 Å². The average Bonchev–Trinajstić information content (AvgIpc) is 2.88. The lowest BCUT2D eigenvalue weighted by Gasteiger charge is -2.14. The van der Waals surface area contributed by atoms with Gasteiger partial charge >= 0.3 is 0 Å². The molecule has 0 saturated carbocycles. The monoisotopic (exact) mass is 464 g/mol. The van der Waals surface area contributed by atoms with Gasteiger partial charge in [-0.15, -0.1) is 24.0 Å². The molecule has 1 rings (SSSR count). The molecule has 1 aromatic heterocycles. The number of guanidine groups is 1. The first-order chi connectivity index (χ1) is 11.4. The van der Waals surface area contributed by atoms with Crippen molar-refractivity contribution in [2.75, 3.05) is 27.2 Å². The number of hydrogen-bond donors (Lipinski definition) is 2. The summed E-state index contributed by atoms with van der Waals surface area (Å²) in [7, 11) is 5.48. The van der Waals surface area contributed by atoms with Gasteiger partial charge in [-0.05, 0) is 19.3 Å². The Hall–Kier alpha value is -1.32. The number of likely N-dealkylation sites (N-methyl/N-ethyl adjacent to an activating group) is 1. The summed E-state index contributed by atoms with van der Waals surface area (Å²) < 4.78 is 1.95. The molecule has 0 radical (unpaired) electrons. The maximum Gasteiger partial charge on any atom is 0.241 e. The number of nitrogens with zero attached hydrogens (tertiary/aromatic N) is 4. The summed E-state index contributed by atoms with van der Waals surface area (Å²) >= 11 is 0. The zero-order chi connectivity index (χ0) is 18.1. The summed E-state index contributed by atoms with van der Waals surface area (Å²) in [5.41, 5.74) is 3.51. The van der Waals surface area contributed by atoms with Crippen molar-refractivity contribution in [3.05, 3.63) is 17.0 Å². The highest BCUT2D eigenvalue weighted by Gasteiger charge is 2.13. The first kappa shape index (κ1) is 23.7. The smallest absolute Gasteiger partial charge is 0.241 e. The molecule has 0 fully saturated rings. The summed E-state index contributed by atoms with van der Waals surface area (Å²) in [4.78, 5) is 18.0. The quantitative estimate of drug-likeness (QED) is 0.349. The van der Waals surface area contributed by atoms with E-state index in [1.54, 1.807) is 19.0 Å². The summed E-state index contributed by atoms with van der Waals surface area (Å²) in [6.45, 7) is 7.96. The molecule has 0 aromatic carbocycles. The van der Waals surface area contributed by atoms with Crippen LogP contribution in [0.25, 0.3) is 0 Å². The van der Waals surface area contributed by atoms with Crippen LogP contribution in [0.5, 0.6) is 0 Å². The molecule has 8 heteroatoms. The largest absolute Gasteiger partial charge is 0.356 e. The van der Waals surface area contributed by atoms with Crippen molar-refractivity contribution in [1.82, 2.24) is 25.3 Å². The molecule has 0 spiro atoms. The molecule has 0 aliphatic rings. The maximum atomic E-state index is 11.8. The lowest BCUT2D eigenvalue weighted by atomic mass is 10.1. The fourth-order valence-electron chi connectivity index (χ4n) is 2.47. The Kier molecular flexibility index (Phi) is 11.5. The Morgan fingerprint density at radius 1 is 1.20 bits per heavy atom. The fourth-order valence-corrected chi connectivity index (χ4v) is 2.47. The van der Waals surface area contributed by atoms with Gasteiger partial charge in [-0.1, -0.05) is 20.8 Å². The maximum absolute atomic E-state index is 11.8. The number of aromatic nitrogens is 2. The number of amides is 1. The molecule has 0 atom stereocenters. The van der Waals surface area contributed by atoms with E-state index in [9.17, 15) is 4.79 Å². The number of nitrogens with one attached hydrogen (secondary N) is 2. The molecule has 0 aliphatic heterocycles. The molecule has 144 valence electrons. The van der Waals surface area contributed by atoms with Crippen LogP contribution in [0.1, 0.15) is 44.1 Å². The van der Waals surface area contributed by atoms with E-state index in [2.05, 4.69) is 41.5 Å². The van der Waals surface area contributed by atoms with Crippen molar-refractivity contribution >= 4 is 35.8 Å². The average molecular weight is 464 g/mol. The van der Waals surface area contributed by atoms with Crippen molar-refractivity contribution in [3.63, 3.8) is 0 Å². The fraction of sp³-hybridized carbons (Fsp3) is 0.706. The molecular weight excluding hydrogens is 431 g/mol. The molecule has 2 N–H and O–H groups in total. The summed E-state index contributed by atoms with van der Waals surface area (Å²) in [5, 5.41) is 10.9. The van der Waals surface area contributed by atoms with E-state index < -0.39 is 0 Å². The molecule has 0 bridgehead atoms. The van der Waals surface area contributed by atoms with E-state index in [0.29, 0.717) is 12.5 Å².